The summed E-state index contributed by atoms with van der Waals surface area (Å²) in [5.74, 6) is 0. The van der Waals surface area contributed by atoms with Crippen LogP contribution in [0.2, 0.25) is 0 Å². The van der Waals surface area contributed by atoms with Crippen LogP contribution >= 0.6 is 0 Å². The highest BCUT2D eigenvalue weighted by atomic mass is 14.3. The number of hydrogen-bond acceptors (Lipinski definition) is 0. The summed E-state index contributed by atoms with van der Waals surface area (Å²) >= 11 is 0. The van der Waals surface area contributed by atoms with Crippen LogP contribution in [0.5, 0.6) is 0 Å². The Kier molecular flexibility index (Phi) is 2.72. The maximum absolute atomic E-state index is 2.43. The van der Waals surface area contributed by atoms with Gasteiger partial charge < -0.3 is 0 Å². The molecule has 0 saturated heterocycles. The summed E-state index contributed by atoms with van der Waals surface area (Å²) in [7, 11) is 0. The molecular weight excluding hydrogens is 168 g/mol. The maximum Gasteiger partial charge on any atom is 0.0249 e. The van der Waals surface area contributed by atoms with Gasteiger partial charge in [0.2, 0.25) is 0 Å². The quantitative estimate of drug-likeness (QED) is 0.539. The third-order valence-electron chi connectivity index (χ3n) is 3.16. The SMILES string of the molecule is CC1(/C2=C/CC/C=C\CC2)C=CC=C1. The number of rotatable bonds is 1. The highest BCUT2D eigenvalue weighted by molar-refractivity contribution is 5.36. The second-order valence-electron chi connectivity index (χ2n) is 4.32. The van der Waals surface area contributed by atoms with Gasteiger partial charge in [0.15, 0.2) is 0 Å². The minimum atomic E-state index is 0.213. The van der Waals surface area contributed by atoms with Crippen molar-refractivity contribution in [3.63, 3.8) is 0 Å². The lowest BCUT2D eigenvalue weighted by molar-refractivity contribution is 0.624. The molecule has 0 saturated carbocycles. The van der Waals surface area contributed by atoms with Crippen LogP contribution in [-0.4, -0.2) is 0 Å². The van der Waals surface area contributed by atoms with E-state index in [0.29, 0.717) is 0 Å². The van der Waals surface area contributed by atoms with Crippen molar-refractivity contribution < 1.29 is 0 Å². The van der Waals surface area contributed by atoms with Crippen molar-refractivity contribution in [2.75, 3.05) is 0 Å². The van der Waals surface area contributed by atoms with Crippen molar-refractivity contribution in [3.8, 4) is 0 Å². The van der Waals surface area contributed by atoms with Gasteiger partial charge >= 0.3 is 0 Å². The first-order valence-electron chi connectivity index (χ1n) is 5.53. The third-order valence-corrected chi connectivity index (χ3v) is 3.16. The first-order valence-corrected chi connectivity index (χ1v) is 5.53. The molecule has 0 nitrogen and oxygen atoms in total. The van der Waals surface area contributed by atoms with Gasteiger partial charge in [-0.15, -0.1) is 0 Å². The molecule has 2 rings (SSSR count). The van der Waals surface area contributed by atoms with E-state index < -0.39 is 0 Å². The average Bonchev–Trinajstić information content (AvgIpc) is 2.52. The molecule has 0 fully saturated rings. The smallest absolute Gasteiger partial charge is 0.0249 e. The van der Waals surface area contributed by atoms with Crippen molar-refractivity contribution in [2.24, 2.45) is 5.41 Å². The molecule has 74 valence electrons. The molecule has 0 aliphatic heterocycles. The second kappa shape index (κ2) is 4.00. The fraction of sp³-hybridized carbons (Fsp3) is 0.429. The summed E-state index contributed by atoms with van der Waals surface area (Å²) in [6.45, 7) is 2.31. The van der Waals surface area contributed by atoms with E-state index in [0.717, 1.165) is 0 Å². The molecule has 0 amide bonds. The Labute approximate surface area is 86.7 Å². The molecule has 0 bridgehead atoms. The maximum atomic E-state index is 2.43. The molecule has 14 heavy (non-hydrogen) atoms. The molecule has 0 heterocycles. The molecule has 0 heteroatoms. The summed E-state index contributed by atoms with van der Waals surface area (Å²) < 4.78 is 0. The van der Waals surface area contributed by atoms with Gasteiger partial charge in [-0.25, -0.2) is 0 Å². The van der Waals surface area contributed by atoms with Crippen LogP contribution in [-0.2, 0) is 0 Å². The predicted molar refractivity (Wildman–Crippen MR) is 62.1 cm³/mol. The zero-order valence-electron chi connectivity index (χ0n) is 8.87. The normalized spacial score (nSPS) is 30.5. The highest BCUT2D eigenvalue weighted by Gasteiger charge is 2.23. The van der Waals surface area contributed by atoms with Gasteiger partial charge in [-0.2, -0.15) is 0 Å². The monoisotopic (exact) mass is 186 g/mol. The van der Waals surface area contributed by atoms with Crippen LogP contribution in [0.3, 0.4) is 0 Å². The van der Waals surface area contributed by atoms with Crippen molar-refractivity contribution in [1.29, 1.82) is 0 Å². The summed E-state index contributed by atoms with van der Waals surface area (Å²) in [6, 6.07) is 0. The third kappa shape index (κ3) is 1.89. The van der Waals surface area contributed by atoms with Crippen molar-refractivity contribution >= 4 is 0 Å². The Balaban J connectivity index is 2.16. The first kappa shape index (κ1) is 9.51. The van der Waals surface area contributed by atoms with Crippen LogP contribution in [0.4, 0.5) is 0 Å². The average molecular weight is 186 g/mol. The van der Waals surface area contributed by atoms with E-state index >= 15 is 0 Å². The fourth-order valence-corrected chi connectivity index (χ4v) is 2.20. The van der Waals surface area contributed by atoms with E-state index in [4.69, 9.17) is 0 Å². The van der Waals surface area contributed by atoms with Gasteiger partial charge in [-0.1, -0.05) is 48.1 Å². The molecule has 0 aromatic carbocycles. The molecular formula is C14H18. The van der Waals surface area contributed by atoms with Gasteiger partial charge in [-0.05, 0) is 32.6 Å². The molecule has 2 aliphatic rings. The van der Waals surface area contributed by atoms with Gasteiger partial charge in [-0.3, -0.25) is 0 Å². The lowest BCUT2D eigenvalue weighted by Crippen LogP contribution is -2.12. The summed E-state index contributed by atoms with van der Waals surface area (Å²) in [5.41, 5.74) is 1.80. The predicted octanol–water partition coefficient (Wildman–Crippen LogP) is 4.18. The van der Waals surface area contributed by atoms with Crippen molar-refractivity contribution in [3.05, 3.63) is 48.1 Å². The summed E-state index contributed by atoms with van der Waals surface area (Å²) in [6.07, 6.45) is 20.8. The highest BCUT2D eigenvalue weighted by Crippen LogP contribution is 2.37. The zero-order valence-corrected chi connectivity index (χ0v) is 8.87. The van der Waals surface area contributed by atoms with Crippen LogP contribution in [0.15, 0.2) is 48.1 Å². The van der Waals surface area contributed by atoms with Gasteiger partial charge in [0.25, 0.3) is 0 Å². The minimum absolute atomic E-state index is 0.213. The van der Waals surface area contributed by atoms with Crippen LogP contribution in [0.25, 0.3) is 0 Å². The standard InChI is InChI=1S/C14H18/c1-14(11-7-8-12-14)13-9-5-3-2-4-6-10-13/h2-3,7-8,10-12H,4-6,9H2,1H3/b3-2-,13-10+. The van der Waals surface area contributed by atoms with E-state index in [9.17, 15) is 0 Å². The van der Waals surface area contributed by atoms with E-state index in [-0.39, 0.29) is 5.41 Å². The molecule has 0 N–H and O–H groups in total. The fourth-order valence-electron chi connectivity index (χ4n) is 2.20. The number of allylic oxidation sites excluding steroid dienone is 8. The Morgan fingerprint density at radius 2 is 1.71 bits per heavy atom. The van der Waals surface area contributed by atoms with Gasteiger partial charge in [0.05, 0.1) is 0 Å². The van der Waals surface area contributed by atoms with E-state index in [1.54, 1.807) is 5.57 Å². The van der Waals surface area contributed by atoms with Gasteiger partial charge in [0.1, 0.15) is 0 Å². The van der Waals surface area contributed by atoms with E-state index in [1.165, 1.54) is 25.7 Å². The van der Waals surface area contributed by atoms with Crippen LogP contribution in [0.1, 0.15) is 32.6 Å². The second-order valence-corrected chi connectivity index (χ2v) is 4.32. The largest absolute Gasteiger partial charge is 0.0882 e. The van der Waals surface area contributed by atoms with E-state index in [1.807, 2.05) is 0 Å². The van der Waals surface area contributed by atoms with Crippen molar-refractivity contribution in [2.45, 2.75) is 32.6 Å². The lowest BCUT2D eigenvalue weighted by atomic mass is 9.80. The van der Waals surface area contributed by atoms with E-state index in [2.05, 4.69) is 49.5 Å². The Morgan fingerprint density at radius 3 is 2.50 bits per heavy atom. The van der Waals surface area contributed by atoms with Crippen LogP contribution < -0.4 is 0 Å². The molecule has 0 aromatic rings. The summed E-state index contributed by atoms with van der Waals surface area (Å²) in [4.78, 5) is 0. The summed E-state index contributed by atoms with van der Waals surface area (Å²) in [5, 5.41) is 0. The van der Waals surface area contributed by atoms with Crippen molar-refractivity contribution in [1.82, 2.24) is 0 Å². The Morgan fingerprint density at radius 1 is 1.00 bits per heavy atom. The number of hydrogen-bond donors (Lipinski definition) is 0. The Bertz CT molecular complexity index is 301. The topological polar surface area (TPSA) is 0 Å². The molecule has 0 aromatic heterocycles. The molecule has 2 aliphatic carbocycles. The van der Waals surface area contributed by atoms with Gasteiger partial charge in [0, 0.05) is 5.41 Å². The molecule has 0 unspecified atom stereocenters. The van der Waals surface area contributed by atoms with Crippen LogP contribution in [0, 0.1) is 5.41 Å². The first-order chi connectivity index (χ1) is 6.81. The lowest BCUT2D eigenvalue weighted by Gasteiger charge is -2.24. The molecule has 0 atom stereocenters. The Hall–Kier alpha value is -1.04. The minimum Gasteiger partial charge on any atom is -0.0882 e. The molecule has 0 radical (unpaired) electrons. The zero-order chi connectivity index (χ0) is 9.86. The molecule has 0 spiro atoms.